The summed E-state index contributed by atoms with van der Waals surface area (Å²) >= 11 is 12.3. The summed E-state index contributed by atoms with van der Waals surface area (Å²) in [6.45, 7) is 3.97. The predicted molar refractivity (Wildman–Crippen MR) is 57.6 cm³/mol. The van der Waals surface area contributed by atoms with Gasteiger partial charge >= 0.3 is 0 Å². The van der Waals surface area contributed by atoms with Crippen LogP contribution in [0.15, 0.2) is 4.85 Å². The van der Waals surface area contributed by atoms with E-state index >= 15 is 0 Å². The molecule has 0 aliphatic carbocycles. The minimum absolute atomic E-state index is 1.08. The average molecular weight is 252 g/mol. The molecule has 66 valence electrons. The molecule has 11 heavy (non-hydrogen) atoms. The molecule has 1 N–H and O–H groups in total. The fraction of sp³-hybridized carbons (Fsp3) is 1.00. The third kappa shape index (κ3) is 3.36. The van der Waals surface area contributed by atoms with Crippen molar-refractivity contribution in [1.82, 2.24) is 10.3 Å². The van der Waals surface area contributed by atoms with E-state index in [1.165, 1.54) is 0 Å². The summed E-state index contributed by atoms with van der Waals surface area (Å²) in [7, 11) is 2.91. The topological polar surface area (TPSA) is 27.6 Å². The third-order valence-electron chi connectivity index (χ3n) is 0.956. The summed E-state index contributed by atoms with van der Waals surface area (Å²) in [5, 5.41) is 4.74. The van der Waals surface area contributed by atoms with Gasteiger partial charge in [-0.2, -0.15) is 10.1 Å². The number of halogens is 2. The van der Waals surface area contributed by atoms with Gasteiger partial charge in [-0.15, -0.1) is 5.12 Å². The Morgan fingerprint density at radius 3 is 2.36 bits per heavy atom. The van der Waals surface area contributed by atoms with Gasteiger partial charge in [-0.05, 0) is 20.9 Å². The standard InChI is InChI=1S/C3H10Cl2N3P3/c1-8-6-10(2,4)9-11(3,5)7-8/h6H,1-3H3. The molecule has 0 aromatic carbocycles. The second-order valence-electron chi connectivity index (χ2n) is 2.46. The Morgan fingerprint density at radius 2 is 2.00 bits per heavy atom. The zero-order valence-electron chi connectivity index (χ0n) is 6.49. The van der Waals surface area contributed by atoms with Crippen molar-refractivity contribution >= 4 is 42.2 Å². The summed E-state index contributed by atoms with van der Waals surface area (Å²) in [6.07, 6.45) is -1.66. The summed E-state index contributed by atoms with van der Waals surface area (Å²) < 4.78 is 0. The Balaban J connectivity index is 3.10. The molecule has 0 spiro atoms. The molecule has 0 aromatic heterocycles. The molecular weight excluding hydrogens is 242 g/mol. The lowest BCUT2D eigenvalue weighted by atomic mass is 11.4. The molecule has 1 heterocycles. The van der Waals surface area contributed by atoms with Gasteiger partial charge in [-0.25, -0.2) is 0 Å². The minimum atomic E-state index is -1.66. The molecule has 2 atom stereocenters. The SMILES string of the molecule is CN1N=P(C)(Cl)P=P(C)(Cl)N1. The first kappa shape index (κ1) is 10.5. The highest BCUT2D eigenvalue weighted by atomic mass is 35.7. The van der Waals surface area contributed by atoms with Crippen LogP contribution >= 0.6 is 42.2 Å². The van der Waals surface area contributed by atoms with Gasteiger partial charge in [0.15, 0.2) is 0 Å². The van der Waals surface area contributed by atoms with Gasteiger partial charge in [0.05, 0.1) is 6.05 Å². The van der Waals surface area contributed by atoms with Crippen molar-refractivity contribution in [3.8, 4) is 0 Å². The smallest absolute Gasteiger partial charge is 0.121 e. The Morgan fingerprint density at radius 1 is 1.45 bits per heavy atom. The highest BCUT2D eigenvalue weighted by molar-refractivity contribution is 8.52. The van der Waals surface area contributed by atoms with E-state index in [0.29, 0.717) is 0 Å². The average Bonchev–Trinajstić information content (AvgIpc) is 1.49. The lowest BCUT2D eigenvalue weighted by Crippen LogP contribution is -2.25. The van der Waals surface area contributed by atoms with E-state index in [-0.39, 0.29) is 0 Å². The van der Waals surface area contributed by atoms with E-state index < -0.39 is 12.1 Å². The second kappa shape index (κ2) is 3.31. The van der Waals surface area contributed by atoms with E-state index in [1.807, 2.05) is 20.4 Å². The van der Waals surface area contributed by atoms with E-state index in [2.05, 4.69) is 10.1 Å². The second-order valence-corrected chi connectivity index (χ2v) is 18.6. The normalized spacial score (nSPS) is 47.7. The van der Waals surface area contributed by atoms with Crippen molar-refractivity contribution in [2.45, 2.75) is 0 Å². The molecule has 3 nitrogen and oxygen atoms in total. The first-order chi connectivity index (χ1) is 4.81. The number of hydrazine groups is 1. The predicted octanol–water partition coefficient (Wildman–Crippen LogP) is 3.83. The molecule has 0 aromatic rings. The molecule has 0 fully saturated rings. The van der Waals surface area contributed by atoms with Gasteiger partial charge in [-0.3, -0.25) is 0 Å². The van der Waals surface area contributed by atoms with Crippen LogP contribution in [0.25, 0.3) is 0 Å². The number of nitrogens with one attached hydrogen (secondary N) is 1. The summed E-state index contributed by atoms with van der Waals surface area (Å²) in [6, 6.07) is -1.57. The molecule has 0 saturated carbocycles. The van der Waals surface area contributed by atoms with Gasteiger partial charge in [0.25, 0.3) is 0 Å². The minimum Gasteiger partial charge on any atom is -0.197 e. The largest absolute Gasteiger partial charge is 0.197 e. The molecule has 2 unspecified atom stereocenters. The Kier molecular flexibility index (Phi) is 3.17. The van der Waals surface area contributed by atoms with Gasteiger partial charge in [-0.1, -0.05) is 22.5 Å². The van der Waals surface area contributed by atoms with E-state index in [9.17, 15) is 0 Å². The monoisotopic (exact) mass is 251 g/mol. The number of rotatable bonds is 0. The maximum Gasteiger partial charge on any atom is 0.121 e. The molecule has 0 amide bonds. The van der Waals surface area contributed by atoms with Crippen molar-refractivity contribution in [3.63, 3.8) is 0 Å². The van der Waals surface area contributed by atoms with Gasteiger partial charge in [0, 0.05) is 7.05 Å². The molecule has 0 bridgehead atoms. The quantitative estimate of drug-likeness (QED) is 0.663. The first-order valence-corrected chi connectivity index (χ1v) is 11.5. The van der Waals surface area contributed by atoms with E-state index in [4.69, 9.17) is 22.5 Å². The molecular formula is C3H10Cl2N3P3. The Labute approximate surface area is 77.9 Å². The summed E-state index contributed by atoms with van der Waals surface area (Å²) in [4.78, 5) is 4.24. The van der Waals surface area contributed by atoms with Crippen LogP contribution in [-0.4, -0.2) is 25.5 Å². The molecule has 0 radical (unpaired) electrons. The van der Waals surface area contributed by atoms with Crippen LogP contribution in [0.5, 0.6) is 0 Å². The number of hydrogen-bond donors (Lipinski definition) is 1. The van der Waals surface area contributed by atoms with Crippen LogP contribution < -0.4 is 5.20 Å². The Hall–Kier alpha value is 1.46. The highest BCUT2D eigenvalue weighted by Gasteiger charge is 2.21. The molecule has 8 heteroatoms. The number of nitrogens with zero attached hydrogens (tertiary/aromatic N) is 2. The Bertz CT molecular complexity index is 263. The van der Waals surface area contributed by atoms with Gasteiger partial charge < -0.3 is 0 Å². The lowest BCUT2D eigenvalue weighted by Gasteiger charge is -2.27. The zero-order valence-corrected chi connectivity index (χ0v) is 10.7. The summed E-state index contributed by atoms with van der Waals surface area (Å²) in [5.41, 5.74) is 0. The molecule has 1 aliphatic rings. The highest BCUT2D eigenvalue weighted by Crippen LogP contribution is 2.77. The van der Waals surface area contributed by atoms with Crippen LogP contribution in [0.2, 0.25) is 0 Å². The van der Waals surface area contributed by atoms with Crippen molar-refractivity contribution < 1.29 is 0 Å². The lowest BCUT2D eigenvalue weighted by molar-refractivity contribution is 0.331. The maximum absolute atomic E-state index is 6.18. The maximum atomic E-state index is 6.18. The van der Waals surface area contributed by atoms with Crippen LogP contribution in [0, 0.1) is 0 Å². The van der Waals surface area contributed by atoms with Crippen molar-refractivity contribution in [3.05, 3.63) is 0 Å². The van der Waals surface area contributed by atoms with Gasteiger partial charge in [0.1, 0.15) is 6.10 Å². The van der Waals surface area contributed by atoms with Crippen LogP contribution in [0.3, 0.4) is 0 Å². The van der Waals surface area contributed by atoms with Crippen molar-refractivity contribution in [2.75, 3.05) is 20.4 Å². The fourth-order valence-electron chi connectivity index (χ4n) is 0.873. The van der Waals surface area contributed by atoms with Crippen molar-refractivity contribution in [1.29, 1.82) is 0 Å². The summed E-state index contributed by atoms with van der Waals surface area (Å²) in [5.74, 6) is 0. The molecule has 1 aliphatic heterocycles. The molecule has 0 saturated heterocycles. The van der Waals surface area contributed by atoms with E-state index in [1.54, 1.807) is 5.12 Å². The van der Waals surface area contributed by atoms with E-state index in [0.717, 1.165) is 7.56 Å². The number of hydrogen-bond acceptors (Lipinski definition) is 3. The van der Waals surface area contributed by atoms with Gasteiger partial charge in [0.2, 0.25) is 0 Å². The third-order valence-corrected chi connectivity index (χ3v) is 15.4. The first-order valence-electron chi connectivity index (χ1n) is 2.93. The van der Waals surface area contributed by atoms with Crippen molar-refractivity contribution in [2.24, 2.45) is 4.85 Å². The fourth-order valence-corrected chi connectivity index (χ4v) is 20.5. The zero-order chi connectivity index (χ0) is 8.70. The molecule has 1 rings (SSSR count). The van der Waals surface area contributed by atoms with Crippen LogP contribution in [0.4, 0.5) is 0 Å². The van der Waals surface area contributed by atoms with Crippen LogP contribution in [0.1, 0.15) is 0 Å². The van der Waals surface area contributed by atoms with Crippen LogP contribution in [-0.2, 0) is 0 Å².